The van der Waals surface area contributed by atoms with Gasteiger partial charge in [-0.3, -0.25) is 9.97 Å². The van der Waals surface area contributed by atoms with E-state index in [0.717, 1.165) is 41.5 Å². The lowest BCUT2D eigenvalue weighted by molar-refractivity contribution is 0.318. The Morgan fingerprint density at radius 3 is 2.78 bits per heavy atom. The fraction of sp³-hybridized carbons (Fsp3) is 0.238. The van der Waals surface area contributed by atoms with Crippen molar-refractivity contribution in [2.75, 3.05) is 11.4 Å². The van der Waals surface area contributed by atoms with E-state index in [4.69, 9.17) is 11.6 Å². The molecule has 27 heavy (non-hydrogen) atoms. The van der Waals surface area contributed by atoms with Gasteiger partial charge in [0.15, 0.2) is 0 Å². The number of allylic oxidation sites excluding steroid dienone is 1. The fourth-order valence-corrected chi connectivity index (χ4v) is 4.19. The van der Waals surface area contributed by atoms with Gasteiger partial charge in [-0.05, 0) is 55.2 Å². The summed E-state index contributed by atoms with van der Waals surface area (Å²) in [6.45, 7) is 2.86. The van der Waals surface area contributed by atoms with Gasteiger partial charge >= 0.3 is 0 Å². The van der Waals surface area contributed by atoms with E-state index in [9.17, 15) is 4.39 Å². The van der Waals surface area contributed by atoms with E-state index < -0.39 is 0 Å². The van der Waals surface area contributed by atoms with Crippen LogP contribution in [-0.2, 0) is 0 Å². The second-order valence-corrected chi connectivity index (χ2v) is 7.46. The minimum atomic E-state index is -0.311. The normalized spacial score (nSPS) is 18.9. The summed E-state index contributed by atoms with van der Waals surface area (Å²) in [5.74, 6) is -0.311. The van der Waals surface area contributed by atoms with E-state index in [-0.39, 0.29) is 12.0 Å². The zero-order valence-electron chi connectivity index (χ0n) is 14.9. The molecule has 3 aromatic rings. The zero-order chi connectivity index (χ0) is 18.5. The van der Waals surface area contributed by atoms with Crippen LogP contribution in [0.1, 0.15) is 30.1 Å². The molecule has 2 aliphatic heterocycles. The highest BCUT2D eigenvalue weighted by Crippen LogP contribution is 2.44. The zero-order valence-corrected chi connectivity index (χ0v) is 15.6. The first-order valence-electron chi connectivity index (χ1n) is 9.04. The van der Waals surface area contributed by atoms with E-state index in [0.29, 0.717) is 10.7 Å². The lowest BCUT2D eigenvalue weighted by atomic mass is 10.1. The van der Waals surface area contributed by atoms with Crippen LogP contribution in [0.15, 0.2) is 54.6 Å². The summed E-state index contributed by atoms with van der Waals surface area (Å²) < 4.78 is 14.8. The monoisotopic (exact) mass is 380 g/mol. The molecule has 6 heteroatoms. The lowest BCUT2D eigenvalue weighted by Crippen LogP contribution is -2.31. The van der Waals surface area contributed by atoms with Gasteiger partial charge in [-0.2, -0.15) is 0 Å². The number of hydrogen-bond donors (Lipinski definition) is 0. The maximum Gasteiger partial charge on any atom is 0.148 e. The summed E-state index contributed by atoms with van der Waals surface area (Å²) in [6, 6.07) is 9.31. The number of aryl methyl sites for hydroxylation is 1. The van der Waals surface area contributed by atoms with Crippen LogP contribution in [0.25, 0.3) is 11.0 Å². The van der Waals surface area contributed by atoms with E-state index in [1.165, 1.54) is 11.8 Å². The number of benzene rings is 2. The number of fused-ring (bicyclic) bond motifs is 2. The van der Waals surface area contributed by atoms with Gasteiger partial charge < -0.3 is 9.80 Å². The molecule has 5 rings (SSSR count). The standard InChI is InChI=1S/C21H18ClFN4/c1-13-9-20(17(23)11-16(13)22)27-12-15-3-2-8-26(15)21(27)14-4-5-18-19(10-14)25-7-6-24-18/h4-7,9-12,21H,2-3,8H2,1H3. The van der Waals surface area contributed by atoms with E-state index in [2.05, 4.69) is 33.2 Å². The van der Waals surface area contributed by atoms with Crippen molar-refractivity contribution >= 4 is 28.3 Å². The summed E-state index contributed by atoms with van der Waals surface area (Å²) in [6.07, 6.45) is 7.49. The van der Waals surface area contributed by atoms with Gasteiger partial charge in [0.05, 0.1) is 16.7 Å². The first-order valence-corrected chi connectivity index (χ1v) is 9.41. The molecule has 4 nitrogen and oxygen atoms in total. The van der Waals surface area contributed by atoms with Crippen LogP contribution in [0.4, 0.5) is 10.1 Å². The Morgan fingerprint density at radius 1 is 1.11 bits per heavy atom. The average molecular weight is 381 g/mol. The minimum absolute atomic E-state index is 0.0935. The van der Waals surface area contributed by atoms with Crippen LogP contribution in [0, 0.1) is 12.7 Å². The van der Waals surface area contributed by atoms with Gasteiger partial charge in [0.1, 0.15) is 12.0 Å². The van der Waals surface area contributed by atoms with Crippen LogP contribution in [0.2, 0.25) is 5.02 Å². The highest BCUT2D eigenvalue weighted by Gasteiger charge is 2.37. The van der Waals surface area contributed by atoms with Crippen molar-refractivity contribution in [1.82, 2.24) is 14.9 Å². The van der Waals surface area contributed by atoms with E-state index in [1.54, 1.807) is 12.4 Å². The lowest BCUT2D eigenvalue weighted by Gasteiger charge is -2.33. The largest absolute Gasteiger partial charge is 0.349 e. The SMILES string of the molecule is Cc1cc(N2C=C3CCCN3C2c2ccc3nccnc3c2)c(F)cc1Cl. The molecule has 0 spiro atoms. The Bertz CT molecular complexity index is 1080. The summed E-state index contributed by atoms with van der Waals surface area (Å²) >= 11 is 6.11. The van der Waals surface area contributed by atoms with Gasteiger partial charge in [0.25, 0.3) is 0 Å². The van der Waals surface area contributed by atoms with Gasteiger partial charge in [-0.25, -0.2) is 4.39 Å². The molecule has 1 unspecified atom stereocenters. The van der Waals surface area contributed by atoms with Crippen molar-refractivity contribution in [3.05, 3.63) is 76.6 Å². The molecule has 0 bridgehead atoms. The maximum absolute atomic E-state index is 14.8. The van der Waals surface area contributed by atoms with Crippen molar-refractivity contribution in [3.63, 3.8) is 0 Å². The molecule has 3 heterocycles. The third-order valence-electron chi connectivity index (χ3n) is 5.35. The molecular weight excluding hydrogens is 363 g/mol. The summed E-state index contributed by atoms with van der Waals surface area (Å²) in [5, 5.41) is 0.445. The smallest absolute Gasteiger partial charge is 0.148 e. The Hall–Kier alpha value is -2.66. The molecular formula is C21H18ClFN4. The quantitative estimate of drug-likeness (QED) is 0.612. The molecule has 2 aliphatic rings. The highest BCUT2D eigenvalue weighted by atomic mass is 35.5. The van der Waals surface area contributed by atoms with Crippen LogP contribution >= 0.6 is 11.6 Å². The Balaban J connectivity index is 1.65. The second-order valence-electron chi connectivity index (χ2n) is 7.06. The minimum Gasteiger partial charge on any atom is -0.349 e. The van der Waals surface area contributed by atoms with E-state index in [1.807, 2.05) is 24.0 Å². The molecule has 0 N–H and O–H groups in total. The van der Waals surface area contributed by atoms with Crippen molar-refractivity contribution < 1.29 is 4.39 Å². The number of hydrogen-bond acceptors (Lipinski definition) is 4. The van der Waals surface area contributed by atoms with Gasteiger partial charge in [0, 0.05) is 35.9 Å². The molecule has 1 aromatic heterocycles. The van der Waals surface area contributed by atoms with Crippen LogP contribution < -0.4 is 4.90 Å². The third kappa shape index (κ3) is 2.65. The molecule has 1 fully saturated rings. The maximum atomic E-state index is 14.8. The number of anilines is 1. The second kappa shape index (κ2) is 6.20. The van der Waals surface area contributed by atoms with Crippen molar-refractivity contribution in [2.24, 2.45) is 0 Å². The fourth-order valence-electron chi connectivity index (χ4n) is 4.04. The molecule has 0 saturated carbocycles. The number of rotatable bonds is 2. The van der Waals surface area contributed by atoms with Gasteiger partial charge in [-0.1, -0.05) is 17.7 Å². The first-order chi connectivity index (χ1) is 13.1. The molecule has 0 amide bonds. The first kappa shape index (κ1) is 16.5. The van der Waals surface area contributed by atoms with Crippen molar-refractivity contribution in [1.29, 1.82) is 0 Å². The highest BCUT2D eigenvalue weighted by molar-refractivity contribution is 6.31. The van der Waals surface area contributed by atoms with Crippen molar-refractivity contribution in [3.8, 4) is 0 Å². The van der Waals surface area contributed by atoms with Crippen LogP contribution in [0.5, 0.6) is 0 Å². The Labute approximate surface area is 161 Å². The van der Waals surface area contributed by atoms with E-state index >= 15 is 0 Å². The third-order valence-corrected chi connectivity index (χ3v) is 5.75. The van der Waals surface area contributed by atoms with Gasteiger partial charge in [0.2, 0.25) is 0 Å². The average Bonchev–Trinajstić information content (AvgIpc) is 3.25. The molecule has 0 radical (unpaired) electrons. The Morgan fingerprint density at radius 2 is 1.93 bits per heavy atom. The predicted molar refractivity (Wildman–Crippen MR) is 105 cm³/mol. The van der Waals surface area contributed by atoms with Crippen LogP contribution in [-0.4, -0.2) is 21.4 Å². The summed E-state index contributed by atoms with van der Waals surface area (Å²) in [4.78, 5) is 13.1. The summed E-state index contributed by atoms with van der Waals surface area (Å²) in [7, 11) is 0. The van der Waals surface area contributed by atoms with Crippen LogP contribution in [0.3, 0.4) is 0 Å². The predicted octanol–water partition coefficient (Wildman–Crippen LogP) is 5.19. The topological polar surface area (TPSA) is 32.3 Å². The number of halogens is 2. The van der Waals surface area contributed by atoms with Gasteiger partial charge in [-0.15, -0.1) is 0 Å². The molecule has 1 atom stereocenters. The molecule has 2 aromatic carbocycles. The summed E-state index contributed by atoms with van der Waals surface area (Å²) in [5.41, 5.74) is 5.42. The number of aromatic nitrogens is 2. The molecule has 136 valence electrons. The van der Waals surface area contributed by atoms with Crippen molar-refractivity contribution in [2.45, 2.75) is 25.9 Å². The Kier molecular flexibility index (Phi) is 3.79. The number of nitrogens with zero attached hydrogens (tertiary/aromatic N) is 4. The molecule has 0 aliphatic carbocycles. The molecule has 1 saturated heterocycles.